The van der Waals surface area contributed by atoms with Crippen LogP contribution in [0, 0.1) is 0 Å². The van der Waals surface area contributed by atoms with E-state index in [1.807, 2.05) is 45.0 Å². The maximum absolute atomic E-state index is 12.0. The van der Waals surface area contributed by atoms with Crippen LogP contribution in [0.2, 0.25) is 0 Å². The molecule has 1 heterocycles. The highest BCUT2D eigenvalue weighted by molar-refractivity contribution is 5.70. The number of esters is 1. The van der Waals surface area contributed by atoms with Gasteiger partial charge in [0.2, 0.25) is 0 Å². The Morgan fingerprint density at radius 2 is 1.87 bits per heavy atom. The molecule has 5 heteroatoms. The number of carbonyl (C=O) groups excluding carboxylic acids is 1. The molecule has 0 aliphatic carbocycles. The van der Waals surface area contributed by atoms with E-state index in [0.29, 0.717) is 24.4 Å². The Morgan fingerprint density at radius 3 is 2.53 bits per heavy atom. The van der Waals surface area contributed by atoms with Crippen LogP contribution >= 0.6 is 0 Å². The maximum atomic E-state index is 12.0. The van der Waals surface area contributed by atoms with Crippen LogP contribution in [0.1, 0.15) is 68.9 Å². The number of aliphatic hydroxyl groups is 1. The summed E-state index contributed by atoms with van der Waals surface area (Å²) in [6, 6.07) is 16.0. The summed E-state index contributed by atoms with van der Waals surface area (Å²) in [5, 5.41) is 10.7. The van der Waals surface area contributed by atoms with Crippen molar-refractivity contribution in [2.75, 3.05) is 18.8 Å². The number of carbonyl (C=O) groups is 1. The number of aryl methyl sites for hydroxylation is 1. The molecule has 0 amide bonds. The van der Waals surface area contributed by atoms with Crippen LogP contribution in [-0.4, -0.2) is 34.7 Å². The molecule has 0 spiro atoms. The van der Waals surface area contributed by atoms with Crippen LogP contribution in [0.5, 0.6) is 0 Å². The van der Waals surface area contributed by atoms with Crippen molar-refractivity contribution in [3.05, 3.63) is 65.2 Å². The second kappa shape index (κ2) is 9.63. The van der Waals surface area contributed by atoms with Crippen LogP contribution in [0.25, 0.3) is 0 Å². The lowest BCUT2D eigenvalue weighted by molar-refractivity contribution is -0.154. The number of ether oxygens (including phenoxy) is 1. The molecule has 1 saturated heterocycles. The average Bonchev–Trinajstić information content (AvgIpc) is 2.71. The minimum absolute atomic E-state index is 0.156. The first-order chi connectivity index (χ1) is 14.2. The lowest BCUT2D eigenvalue weighted by Gasteiger charge is -2.35. The van der Waals surface area contributed by atoms with Gasteiger partial charge in [0, 0.05) is 25.2 Å². The third-order valence-corrected chi connectivity index (χ3v) is 5.54. The van der Waals surface area contributed by atoms with Crippen molar-refractivity contribution in [3.63, 3.8) is 0 Å². The van der Waals surface area contributed by atoms with Gasteiger partial charge in [-0.15, -0.1) is 0 Å². The van der Waals surface area contributed by atoms with Gasteiger partial charge in [0.25, 0.3) is 0 Å². The van der Waals surface area contributed by atoms with Crippen molar-refractivity contribution in [2.45, 2.75) is 64.2 Å². The van der Waals surface area contributed by atoms with Gasteiger partial charge in [0.1, 0.15) is 11.8 Å². The fraction of sp³-hybridized carbons (Fsp3) is 0.480. The van der Waals surface area contributed by atoms with Gasteiger partial charge in [0.05, 0.1) is 0 Å². The van der Waals surface area contributed by atoms with Crippen molar-refractivity contribution in [3.8, 4) is 0 Å². The minimum atomic E-state index is -0.616. The summed E-state index contributed by atoms with van der Waals surface area (Å²) >= 11 is 0. The van der Waals surface area contributed by atoms with Crippen LogP contribution in [0.15, 0.2) is 48.5 Å². The minimum Gasteiger partial charge on any atom is -0.460 e. The molecule has 2 aromatic rings. The predicted octanol–water partition coefficient (Wildman–Crippen LogP) is 4.41. The van der Waals surface area contributed by atoms with Gasteiger partial charge in [-0.05, 0) is 74.8 Å². The Labute approximate surface area is 179 Å². The first-order valence-corrected chi connectivity index (χ1v) is 10.8. The number of rotatable bonds is 6. The van der Waals surface area contributed by atoms with Gasteiger partial charge in [-0.25, -0.2) is 0 Å². The summed E-state index contributed by atoms with van der Waals surface area (Å²) < 4.78 is 5.41. The smallest absolute Gasteiger partial charge is 0.306 e. The number of anilines is 1. The number of hydrogen-bond acceptors (Lipinski definition) is 5. The number of nitrogens with zero attached hydrogens (tertiary/aromatic N) is 1. The molecule has 2 aromatic carbocycles. The summed E-state index contributed by atoms with van der Waals surface area (Å²) in [6.45, 7) is 7.34. The van der Waals surface area contributed by atoms with Gasteiger partial charge >= 0.3 is 5.97 Å². The molecule has 3 N–H and O–H groups in total. The molecule has 5 nitrogen and oxygen atoms in total. The first kappa shape index (κ1) is 22.3. The predicted molar refractivity (Wildman–Crippen MR) is 120 cm³/mol. The van der Waals surface area contributed by atoms with Crippen LogP contribution in [0.4, 0.5) is 5.69 Å². The van der Waals surface area contributed by atoms with Crippen molar-refractivity contribution < 1.29 is 14.6 Å². The second-order valence-corrected chi connectivity index (χ2v) is 9.19. The molecule has 1 aliphatic heterocycles. The summed E-state index contributed by atoms with van der Waals surface area (Å²) in [4.78, 5) is 14.1. The Morgan fingerprint density at radius 1 is 1.17 bits per heavy atom. The number of hydrogen-bond donors (Lipinski definition) is 2. The zero-order valence-corrected chi connectivity index (χ0v) is 18.3. The summed E-state index contributed by atoms with van der Waals surface area (Å²) in [5.74, 6) is 0.313. The molecule has 162 valence electrons. The van der Waals surface area contributed by atoms with Crippen molar-refractivity contribution in [1.82, 2.24) is 4.90 Å². The number of benzene rings is 2. The van der Waals surface area contributed by atoms with E-state index in [1.165, 1.54) is 11.1 Å². The molecule has 1 atom stereocenters. The molecular formula is C25H34N2O3. The van der Waals surface area contributed by atoms with E-state index in [2.05, 4.69) is 29.2 Å². The van der Waals surface area contributed by atoms with E-state index in [-0.39, 0.29) is 5.97 Å². The first-order valence-electron chi connectivity index (χ1n) is 10.8. The molecule has 0 radical (unpaired) electrons. The highest BCUT2D eigenvalue weighted by Gasteiger charge is 2.26. The third kappa shape index (κ3) is 6.31. The zero-order valence-electron chi connectivity index (χ0n) is 18.3. The van der Waals surface area contributed by atoms with Crippen LogP contribution in [-0.2, 0) is 16.0 Å². The van der Waals surface area contributed by atoms with E-state index < -0.39 is 11.8 Å². The lowest BCUT2D eigenvalue weighted by atomic mass is 9.88. The monoisotopic (exact) mass is 410 g/mol. The quantitative estimate of drug-likeness (QED) is 0.545. The number of nitrogen functional groups attached to an aromatic ring is 1. The van der Waals surface area contributed by atoms with E-state index >= 15 is 0 Å². The van der Waals surface area contributed by atoms with Crippen LogP contribution in [0.3, 0.4) is 0 Å². The van der Waals surface area contributed by atoms with E-state index in [9.17, 15) is 9.90 Å². The molecule has 30 heavy (non-hydrogen) atoms. The van der Waals surface area contributed by atoms with Crippen molar-refractivity contribution >= 4 is 11.7 Å². The number of aliphatic hydroxyl groups excluding tert-OH is 1. The summed E-state index contributed by atoms with van der Waals surface area (Å²) in [5.41, 5.74) is 9.41. The van der Waals surface area contributed by atoms with Crippen molar-refractivity contribution in [2.24, 2.45) is 0 Å². The molecular weight excluding hydrogens is 376 g/mol. The fourth-order valence-electron chi connectivity index (χ4n) is 4.05. The molecule has 1 aliphatic rings. The normalized spacial score (nSPS) is 16.9. The Hall–Kier alpha value is -2.37. The SMILES string of the molecule is CC(C)(C)OC(=O)CCc1cccc(C2CCN(C(O)c3cccc(N)c3)CC2)c1. The molecule has 1 unspecified atom stereocenters. The van der Waals surface area contributed by atoms with Crippen LogP contribution < -0.4 is 5.73 Å². The summed E-state index contributed by atoms with van der Waals surface area (Å²) in [6.07, 6.45) is 2.46. The van der Waals surface area contributed by atoms with Gasteiger partial charge < -0.3 is 15.6 Å². The van der Waals surface area contributed by atoms with Gasteiger partial charge in [-0.2, -0.15) is 0 Å². The summed E-state index contributed by atoms with van der Waals surface area (Å²) in [7, 11) is 0. The largest absolute Gasteiger partial charge is 0.460 e. The molecule has 1 fully saturated rings. The molecule has 0 saturated carbocycles. The average molecular weight is 411 g/mol. The Kier molecular flexibility index (Phi) is 7.16. The standard InChI is InChI=1S/C25H34N2O3/c1-25(2,3)30-23(28)11-10-18-6-4-7-20(16-18)19-12-14-27(15-13-19)24(29)21-8-5-9-22(26)17-21/h4-9,16-17,19,24,29H,10-15,26H2,1-3H3. The van der Waals surface area contributed by atoms with Gasteiger partial charge in [-0.1, -0.05) is 36.4 Å². The highest BCUT2D eigenvalue weighted by Crippen LogP contribution is 2.32. The number of likely N-dealkylation sites (tertiary alicyclic amines) is 1. The van der Waals surface area contributed by atoms with E-state index in [1.54, 1.807) is 0 Å². The van der Waals surface area contributed by atoms with Crippen molar-refractivity contribution in [1.29, 1.82) is 0 Å². The third-order valence-electron chi connectivity index (χ3n) is 5.54. The highest BCUT2D eigenvalue weighted by atomic mass is 16.6. The van der Waals surface area contributed by atoms with E-state index in [4.69, 9.17) is 10.5 Å². The maximum Gasteiger partial charge on any atom is 0.306 e. The molecule has 0 bridgehead atoms. The molecule has 3 rings (SSSR count). The Bertz CT molecular complexity index is 851. The fourth-order valence-corrected chi connectivity index (χ4v) is 4.05. The number of nitrogens with two attached hydrogens (primary N) is 1. The Balaban J connectivity index is 1.54. The van der Waals surface area contributed by atoms with Gasteiger partial charge in [-0.3, -0.25) is 9.69 Å². The van der Waals surface area contributed by atoms with E-state index in [0.717, 1.165) is 31.5 Å². The second-order valence-electron chi connectivity index (χ2n) is 9.19. The van der Waals surface area contributed by atoms with Gasteiger partial charge in [0.15, 0.2) is 0 Å². The topological polar surface area (TPSA) is 75.8 Å². The lowest BCUT2D eigenvalue weighted by Crippen LogP contribution is -2.36. The molecule has 0 aromatic heterocycles. The number of piperidine rings is 1. The zero-order chi connectivity index (χ0) is 21.7.